The van der Waals surface area contributed by atoms with Crippen molar-refractivity contribution in [3.05, 3.63) is 0 Å². The predicted molar refractivity (Wildman–Crippen MR) is 87.7 cm³/mol. The number of hydrogen-bond acceptors (Lipinski definition) is 6. The Labute approximate surface area is 134 Å². The van der Waals surface area contributed by atoms with E-state index in [-0.39, 0.29) is 6.23 Å². The zero-order valence-electron chi connectivity index (χ0n) is 14.0. The highest BCUT2D eigenvalue weighted by Gasteiger charge is 2.32. The van der Waals surface area contributed by atoms with Gasteiger partial charge in [-0.2, -0.15) is 5.48 Å². The van der Waals surface area contributed by atoms with E-state index in [9.17, 15) is 0 Å². The second kappa shape index (κ2) is 8.04. The average Bonchev–Trinajstić information content (AvgIpc) is 3.00. The summed E-state index contributed by atoms with van der Waals surface area (Å²) in [5.74, 6) is 1.54. The summed E-state index contributed by atoms with van der Waals surface area (Å²) in [4.78, 5) is 5.41. The summed E-state index contributed by atoms with van der Waals surface area (Å²) in [7, 11) is 0. The molecule has 0 aromatic carbocycles. The van der Waals surface area contributed by atoms with E-state index in [0.717, 1.165) is 19.1 Å². The Morgan fingerprint density at radius 1 is 1.14 bits per heavy atom. The first kappa shape index (κ1) is 16.6. The summed E-state index contributed by atoms with van der Waals surface area (Å²) in [6.45, 7) is 6.40. The number of hydroxylamine groups is 1. The van der Waals surface area contributed by atoms with E-state index < -0.39 is 0 Å². The van der Waals surface area contributed by atoms with Crippen LogP contribution in [0.4, 0.5) is 0 Å². The quantitative estimate of drug-likeness (QED) is 0.518. The van der Waals surface area contributed by atoms with E-state index in [1.807, 2.05) is 0 Å². The van der Waals surface area contributed by atoms with Gasteiger partial charge in [0.15, 0.2) is 0 Å². The molecule has 128 valence electrons. The molecule has 2 saturated heterocycles. The van der Waals surface area contributed by atoms with Gasteiger partial charge < -0.3 is 10.6 Å². The monoisotopic (exact) mass is 311 g/mol. The van der Waals surface area contributed by atoms with Crippen LogP contribution in [0.1, 0.15) is 52.4 Å². The van der Waals surface area contributed by atoms with Gasteiger partial charge in [-0.1, -0.05) is 6.92 Å². The number of hydrogen-bond donors (Lipinski definition) is 5. The van der Waals surface area contributed by atoms with E-state index in [1.54, 1.807) is 0 Å². The van der Waals surface area contributed by atoms with Gasteiger partial charge in [-0.3, -0.25) is 15.5 Å². The third-order valence-electron chi connectivity index (χ3n) is 5.55. The second-order valence-corrected chi connectivity index (χ2v) is 7.19. The molecule has 5 N–H and O–H groups in total. The lowest BCUT2D eigenvalue weighted by Crippen LogP contribution is -2.56. The zero-order chi connectivity index (χ0) is 15.4. The minimum Gasteiger partial charge on any atom is -0.302 e. The van der Waals surface area contributed by atoms with Crippen LogP contribution in [0.2, 0.25) is 0 Å². The van der Waals surface area contributed by atoms with Crippen LogP contribution < -0.4 is 26.7 Å². The van der Waals surface area contributed by atoms with Gasteiger partial charge in [-0.25, -0.2) is 0 Å². The molecule has 4 atom stereocenters. The summed E-state index contributed by atoms with van der Waals surface area (Å²) in [5, 5.41) is 14.2. The Morgan fingerprint density at radius 3 is 2.64 bits per heavy atom. The van der Waals surface area contributed by atoms with Crippen LogP contribution in [-0.2, 0) is 4.84 Å². The van der Waals surface area contributed by atoms with Crippen LogP contribution in [0.25, 0.3) is 0 Å². The summed E-state index contributed by atoms with van der Waals surface area (Å²) in [5.41, 5.74) is 3.14. The molecule has 2 aliphatic heterocycles. The van der Waals surface area contributed by atoms with Gasteiger partial charge in [0.05, 0.1) is 12.3 Å². The molecule has 0 aromatic rings. The standard InChI is InChI=1S/C16H33N5O/c1-3-14-8-15(19-10-18-14)17-9-12-4-6-13(7-5-12)16-20-11(2)22-21-16/h11-21H,3-10H2,1-2H3. The molecule has 6 nitrogen and oxygen atoms in total. The maximum atomic E-state index is 5.41. The van der Waals surface area contributed by atoms with Gasteiger partial charge in [-0.05, 0) is 63.8 Å². The fraction of sp³-hybridized carbons (Fsp3) is 1.00. The first-order chi connectivity index (χ1) is 10.7. The van der Waals surface area contributed by atoms with Crippen molar-refractivity contribution in [3.8, 4) is 0 Å². The topological polar surface area (TPSA) is 69.4 Å². The Bertz CT molecular complexity index is 334. The first-order valence-electron chi connectivity index (χ1n) is 9.12. The average molecular weight is 311 g/mol. The lowest BCUT2D eigenvalue weighted by molar-refractivity contribution is 0.0251. The molecule has 0 radical (unpaired) electrons. The van der Waals surface area contributed by atoms with Crippen molar-refractivity contribution in [1.29, 1.82) is 0 Å². The third-order valence-corrected chi connectivity index (χ3v) is 5.55. The minimum absolute atomic E-state index is 0.141. The summed E-state index contributed by atoms with van der Waals surface area (Å²) in [6.07, 6.45) is 8.62. The molecule has 4 unspecified atom stereocenters. The SMILES string of the molecule is CCC1CC(NCC2CCC(C3NOC(C)N3)CC2)NCN1. The van der Waals surface area contributed by atoms with Crippen molar-refractivity contribution in [3.63, 3.8) is 0 Å². The Hall–Kier alpha value is -0.240. The molecule has 3 fully saturated rings. The maximum absolute atomic E-state index is 5.41. The van der Waals surface area contributed by atoms with Crippen molar-refractivity contribution in [2.45, 2.75) is 77.0 Å². The highest BCUT2D eigenvalue weighted by molar-refractivity contribution is 4.84. The summed E-state index contributed by atoms with van der Waals surface area (Å²) < 4.78 is 0. The molecule has 1 saturated carbocycles. The van der Waals surface area contributed by atoms with Crippen molar-refractivity contribution >= 4 is 0 Å². The van der Waals surface area contributed by atoms with Crippen molar-refractivity contribution < 1.29 is 4.84 Å². The van der Waals surface area contributed by atoms with E-state index >= 15 is 0 Å². The van der Waals surface area contributed by atoms with Crippen LogP contribution in [0.3, 0.4) is 0 Å². The highest BCUT2D eigenvalue weighted by atomic mass is 16.7. The lowest BCUT2D eigenvalue weighted by atomic mass is 9.80. The minimum atomic E-state index is 0.141. The molecule has 1 aliphatic carbocycles. The molecule has 0 bridgehead atoms. The Kier molecular flexibility index (Phi) is 6.07. The van der Waals surface area contributed by atoms with Gasteiger partial charge in [0.2, 0.25) is 0 Å². The zero-order valence-corrected chi connectivity index (χ0v) is 14.0. The van der Waals surface area contributed by atoms with E-state index in [1.165, 1.54) is 38.5 Å². The van der Waals surface area contributed by atoms with Crippen LogP contribution >= 0.6 is 0 Å². The molecule has 0 spiro atoms. The lowest BCUT2D eigenvalue weighted by Gasteiger charge is -2.35. The highest BCUT2D eigenvalue weighted by Crippen LogP contribution is 2.31. The molecular weight excluding hydrogens is 278 g/mol. The van der Waals surface area contributed by atoms with E-state index in [2.05, 4.69) is 40.6 Å². The number of nitrogens with one attached hydrogen (secondary N) is 5. The smallest absolute Gasteiger partial charge is 0.128 e. The molecule has 22 heavy (non-hydrogen) atoms. The second-order valence-electron chi connectivity index (χ2n) is 7.19. The van der Waals surface area contributed by atoms with Gasteiger partial charge >= 0.3 is 0 Å². The number of rotatable bonds is 5. The van der Waals surface area contributed by atoms with Crippen LogP contribution in [0.5, 0.6) is 0 Å². The van der Waals surface area contributed by atoms with Crippen LogP contribution in [-0.4, -0.2) is 37.8 Å². The van der Waals surface area contributed by atoms with Crippen molar-refractivity contribution in [2.75, 3.05) is 13.2 Å². The first-order valence-corrected chi connectivity index (χ1v) is 9.12. The molecule has 0 amide bonds. The third kappa shape index (κ3) is 4.40. The van der Waals surface area contributed by atoms with Gasteiger partial charge in [0.1, 0.15) is 6.23 Å². The fourth-order valence-electron chi connectivity index (χ4n) is 4.01. The van der Waals surface area contributed by atoms with Crippen molar-refractivity contribution in [1.82, 2.24) is 26.7 Å². The van der Waals surface area contributed by atoms with Gasteiger partial charge in [0, 0.05) is 12.7 Å². The molecule has 3 rings (SSSR count). The van der Waals surface area contributed by atoms with Crippen LogP contribution in [0.15, 0.2) is 0 Å². The Balaban J connectivity index is 1.34. The molecule has 6 heteroatoms. The van der Waals surface area contributed by atoms with E-state index in [4.69, 9.17) is 4.84 Å². The molecular formula is C16H33N5O. The van der Waals surface area contributed by atoms with E-state index in [0.29, 0.717) is 24.3 Å². The molecule has 2 heterocycles. The predicted octanol–water partition coefficient (Wildman–Crippen LogP) is 0.824. The van der Waals surface area contributed by atoms with Crippen molar-refractivity contribution in [2.24, 2.45) is 11.8 Å². The normalized spacial score (nSPS) is 43.4. The summed E-state index contributed by atoms with van der Waals surface area (Å²) >= 11 is 0. The van der Waals surface area contributed by atoms with Gasteiger partial charge in [-0.15, -0.1) is 0 Å². The maximum Gasteiger partial charge on any atom is 0.128 e. The van der Waals surface area contributed by atoms with Crippen LogP contribution in [0, 0.1) is 11.8 Å². The van der Waals surface area contributed by atoms with Gasteiger partial charge in [0.25, 0.3) is 0 Å². The fourth-order valence-corrected chi connectivity index (χ4v) is 4.01. The molecule has 3 aliphatic rings. The Morgan fingerprint density at radius 2 is 1.95 bits per heavy atom. The summed E-state index contributed by atoms with van der Waals surface area (Å²) in [6, 6.07) is 0.663. The molecule has 0 aromatic heterocycles. The largest absolute Gasteiger partial charge is 0.302 e.